The zero-order chi connectivity index (χ0) is 10.4. The molecule has 0 aliphatic heterocycles. The van der Waals surface area contributed by atoms with Crippen LogP contribution in [-0.4, -0.2) is 41.6 Å². The first-order valence-electron chi connectivity index (χ1n) is 3.84. The van der Waals surface area contributed by atoms with Crippen LogP contribution < -0.4 is 5.32 Å². The molecule has 0 saturated heterocycles. The lowest BCUT2D eigenvalue weighted by Crippen LogP contribution is -2.45. The van der Waals surface area contributed by atoms with Crippen molar-refractivity contribution in [3.63, 3.8) is 0 Å². The molecule has 0 aromatic heterocycles. The number of hydrogen-bond acceptors (Lipinski definition) is 2. The lowest BCUT2D eigenvalue weighted by molar-refractivity contribution is -0.138. The Labute approximate surface area is 77.0 Å². The van der Waals surface area contributed by atoms with Crippen LogP contribution in [0.3, 0.4) is 0 Å². The molecule has 5 nitrogen and oxygen atoms in total. The predicted octanol–water partition coefficient (Wildman–Crippen LogP) is 0.287. The summed E-state index contributed by atoms with van der Waals surface area (Å²) in [7, 11) is 1.56. The number of nitrogens with zero attached hydrogens (tertiary/aromatic N) is 1. The average Bonchev–Trinajstić information content (AvgIpc) is 2.04. The fraction of sp³-hybridized carbons (Fsp3) is 0.500. The van der Waals surface area contributed by atoms with Crippen LogP contribution in [0.2, 0.25) is 0 Å². The number of likely N-dealkylation sites (N-methyl/N-ethyl adjacent to an activating group) is 1. The van der Waals surface area contributed by atoms with Gasteiger partial charge in [-0.15, -0.1) is 6.58 Å². The van der Waals surface area contributed by atoms with E-state index in [4.69, 9.17) is 5.11 Å². The number of carboxylic acids is 1. The van der Waals surface area contributed by atoms with Gasteiger partial charge in [-0.3, -0.25) is 4.79 Å². The van der Waals surface area contributed by atoms with Crippen LogP contribution in [0, 0.1) is 0 Å². The quantitative estimate of drug-likeness (QED) is 0.620. The Bertz CT molecular complexity index is 215. The van der Waals surface area contributed by atoms with Crippen LogP contribution in [0.15, 0.2) is 12.7 Å². The van der Waals surface area contributed by atoms with E-state index in [9.17, 15) is 9.59 Å². The molecule has 2 amide bonds. The van der Waals surface area contributed by atoms with Gasteiger partial charge >= 0.3 is 12.0 Å². The molecule has 0 spiro atoms. The van der Waals surface area contributed by atoms with Gasteiger partial charge in [0.25, 0.3) is 0 Å². The molecule has 0 unspecified atom stereocenters. The largest absolute Gasteiger partial charge is 0.480 e. The van der Waals surface area contributed by atoms with Gasteiger partial charge in [0, 0.05) is 13.6 Å². The normalized spacial score (nSPS) is 11.5. The first-order chi connectivity index (χ1) is 5.99. The number of carbonyl (C=O) groups excluding carboxylic acids is 1. The standard InChI is InChI=1S/C8H14N2O3/c1-4-5-10(3)8(13)9-6(2)7(11)12/h4,6H,1,5H2,2-3H3,(H,9,13)(H,11,12)/t6-/m1/s1. The molecule has 0 radical (unpaired) electrons. The van der Waals surface area contributed by atoms with Gasteiger partial charge in [-0.1, -0.05) is 6.08 Å². The third kappa shape index (κ3) is 4.15. The molecular weight excluding hydrogens is 172 g/mol. The summed E-state index contributed by atoms with van der Waals surface area (Å²) in [6.45, 7) is 5.25. The van der Waals surface area contributed by atoms with Crippen molar-refractivity contribution in [2.24, 2.45) is 0 Å². The van der Waals surface area contributed by atoms with Gasteiger partial charge < -0.3 is 15.3 Å². The Morgan fingerprint density at radius 1 is 1.69 bits per heavy atom. The minimum atomic E-state index is -1.06. The van der Waals surface area contributed by atoms with Crippen molar-refractivity contribution in [3.05, 3.63) is 12.7 Å². The number of aliphatic carboxylic acids is 1. The van der Waals surface area contributed by atoms with Crippen molar-refractivity contribution in [3.8, 4) is 0 Å². The number of carboxylic acid groups (broad SMARTS) is 1. The third-order valence-electron chi connectivity index (χ3n) is 1.46. The molecule has 0 heterocycles. The lowest BCUT2D eigenvalue weighted by Gasteiger charge is -2.17. The minimum Gasteiger partial charge on any atom is -0.480 e. The Kier molecular flexibility index (Phi) is 4.58. The summed E-state index contributed by atoms with van der Waals surface area (Å²) in [5, 5.41) is 10.8. The topological polar surface area (TPSA) is 69.6 Å². The van der Waals surface area contributed by atoms with Crippen molar-refractivity contribution < 1.29 is 14.7 Å². The van der Waals surface area contributed by atoms with Crippen LogP contribution in [0.1, 0.15) is 6.92 Å². The smallest absolute Gasteiger partial charge is 0.325 e. The van der Waals surface area contributed by atoms with Gasteiger partial charge in [0.2, 0.25) is 0 Å². The summed E-state index contributed by atoms with van der Waals surface area (Å²) in [4.78, 5) is 22.9. The highest BCUT2D eigenvalue weighted by Gasteiger charge is 2.15. The summed E-state index contributed by atoms with van der Waals surface area (Å²) in [6, 6.07) is -1.30. The molecule has 74 valence electrons. The maximum Gasteiger partial charge on any atom is 0.325 e. The van der Waals surface area contributed by atoms with Gasteiger partial charge in [-0.2, -0.15) is 0 Å². The Morgan fingerprint density at radius 2 is 2.23 bits per heavy atom. The van der Waals surface area contributed by atoms with Crippen LogP contribution in [0.4, 0.5) is 4.79 Å². The molecule has 0 saturated carbocycles. The van der Waals surface area contributed by atoms with E-state index >= 15 is 0 Å². The highest BCUT2D eigenvalue weighted by atomic mass is 16.4. The second kappa shape index (κ2) is 5.18. The molecule has 0 fully saturated rings. The second-order valence-electron chi connectivity index (χ2n) is 2.68. The van der Waals surface area contributed by atoms with E-state index in [0.717, 1.165) is 0 Å². The first-order valence-corrected chi connectivity index (χ1v) is 3.84. The molecule has 0 rings (SSSR count). The highest BCUT2D eigenvalue weighted by Crippen LogP contribution is 1.88. The number of nitrogens with one attached hydrogen (secondary N) is 1. The molecule has 0 aromatic rings. The van der Waals surface area contributed by atoms with E-state index in [2.05, 4.69) is 11.9 Å². The first kappa shape index (κ1) is 11.5. The Balaban J connectivity index is 3.99. The monoisotopic (exact) mass is 186 g/mol. The molecule has 0 aliphatic rings. The zero-order valence-corrected chi connectivity index (χ0v) is 7.78. The van der Waals surface area contributed by atoms with Crippen molar-refractivity contribution in [2.45, 2.75) is 13.0 Å². The molecule has 13 heavy (non-hydrogen) atoms. The van der Waals surface area contributed by atoms with Crippen LogP contribution >= 0.6 is 0 Å². The van der Waals surface area contributed by atoms with Gasteiger partial charge in [0.05, 0.1) is 0 Å². The van der Waals surface area contributed by atoms with Crippen molar-refractivity contribution in [2.75, 3.05) is 13.6 Å². The maximum atomic E-state index is 11.2. The van der Waals surface area contributed by atoms with E-state index in [1.54, 1.807) is 13.1 Å². The van der Waals surface area contributed by atoms with Gasteiger partial charge in [0.1, 0.15) is 6.04 Å². The van der Waals surface area contributed by atoms with Crippen LogP contribution in [-0.2, 0) is 4.79 Å². The van der Waals surface area contributed by atoms with Crippen molar-refractivity contribution >= 4 is 12.0 Å². The maximum absolute atomic E-state index is 11.2. The number of carbonyl (C=O) groups is 2. The Hall–Kier alpha value is -1.52. The van der Waals surface area contributed by atoms with Gasteiger partial charge in [-0.25, -0.2) is 4.79 Å². The van der Waals surface area contributed by atoms with Gasteiger partial charge in [-0.05, 0) is 6.92 Å². The fourth-order valence-corrected chi connectivity index (χ4v) is 0.634. The summed E-state index contributed by atoms with van der Waals surface area (Å²) in [6.07, 6.45) is 1.56. The lowest BCUT2D eigenvalue weighted by atomic mass is 10.3. The predicted molar refractivity (Wildman–Crippen MR) is 48.5 cm³/mol. The minimum absolute atomic E-state index is 0.387. The zero-order valence-electron chi connectivity index (χ0n) is 7.78. The summed E-state index contributed by atoms with van der Waals surface area (Å²) >= 11 is 0. The number of urea groups is 1. The number of rotatable bonds is 4. The summed E-state index contributed by atoms with van der Waals surface area (Å²) in [5.41, 5.74) is 0. The highest BCUT2D eigenvalue weighted by molar-refractivity contribution is 5.82. The van der Waals surface area contributed by atoms with Crippen LogP contribution in [0.25, 0.3) is 0 Å². The van der Waals surface area contributed by atoms with E-state index in [-0.39, 0.29) is 0 Å². The summed E-state index contributed by atoms with van der Waals surface area (Å²) in [5.74, 6) is -1.06. The number of hydrogen-bond donors (Lipinski definition) is 2. The van der Waals surface area contributed by atoms with Crippen molar-refractivity contribution in [1.29, 1.82) is 0 Å². The Morgan fingerprint density at radius 3 is 2.62 bits per heavy atom. The summed E-state index contributed by atoms with van der Waals surface area (Å²) < 4.78 is 0. The van der Waals surface area contributed by atoms with Gasteiger partial charge in [0.15, 0.2) is 0 Å². The molecular formula is C8H14N2O3. The SMILES string of the molecule is C=CCN(C)C(=O)N[C@H](C)C(=O)O. The van der Waals surface area contributed by atoms with E-state index in [0.29, 0.717) is 6.54 Å². The molecule has 2 N–H and O–H groups in total. The van der Waals surface area contributed by atoms with E-state index in [1.807, 2.05) is 0 Å². The molecule has 0 aromatic carbocycles. The third-order valence-corrected chi connectivity index (χ3v) is 1.46. The van der Waals surface area contributed by atoms with Crippen LogP contribution in [0.5, 0.6) is 0 Å². The van der Waals surface area contributed by atoms with Crippen molar-refractivity contribution in [1.82, 2.24) is 10.2 Å². The number of amides is 2. The average molecular weight is 186 g/mol. The molecule has 5 heteroatoms. The molecule has 1 atom stereocenters. The fourth-order valence-electron chi connectivity index (χ4n) is 0.634. The molecule has 0 aliphatic carbocycles. The second-order valence-corrected chi connectivity index (χ2v) is 2.68. The van der Waals surface area contributed by atoms with E-state index < -0.39 is 18.0 Å². The van der Waals surface area contributed by atoms with E-state index in [1.165, 1.54) is 11.8 Å². The molecule has 0 bridgehead atoms.